The lowest BCUT2D eigenvalue weighted by atomic mass is 9.95. The molecular weight excluding hydrogens is 774 g/mol. The Bertz CT molecular complexity index is 2490. The first-order chi connectivity index (χ1) is 28.8. The average Bonchev–Trinajstić information content (AvgIpc) is 3.88. The predicted octanol–water partition coefficient (Wildman–Crippen LogP) is 8.18. The third-order valence-corrected chi connectivity index (χ3v) is 13.1. The van der Waals surface area contributed by atoms with Gasteiger partial charge in [-0.25, -0.2) is 13.2 Å². The first-order valence-corrected chi connectivity index (χ1v) is 21.0. The summed E-state index contributed by atoms with van der Waals surface area (Å²) >= 11 is 0. The summed E-state index contributed by atoms with van der Waals surface area (Å²) in [6.45, 7) is 9.32. The minimum Gasteiger partial charge on any atom is -0.508 e. The molecule has 0 radical (unpaired) electrons. The highest BCUT2D eigenvalue weighted by molar-refractivity contribution is 6.00. The highest BCUT2D eigenvalue weighted by Crippen LogP contribution is 2.49. The number of benzene rings is 3. The van der Waals surface area contributed by atoms with Gasteiger partial charge in [-0.05, 0) is 88.1 Å². The molecule has 4 aliphatic rings. The molecule has 5 unspecified atom stereocenters. The van der Waals surface area contributed by atoms with E-state index in [-0.39, 0.29) is 99.2 Å². The molecule has 4 aliphatic heterocycles. The van der Waals surface area contributed by atoms with Crippen molar-refractivity contribution in [3.05, 3.63) is 83.3 Å². The number of nitrogens with zero attached hydrogens (tertiary/aromatic N) is 6. The van der Waals surface area contributed by atoms with Crippen LogP contribution >= 0.6 is 0 Å². The van der Waals surface area contributed by atoms with Crippen LogP contribution in [0.25, 0.3) is 32.9 Å². The van der Waals surface area contributed by atoms with E-state index in [1.54, 1.807) is 20.8 Å². The van der Waals surface area contributed by atoms with Crippen molar-refractivity contribution in [1.29, 1.82) is 0 Å². The molecule has 2 aromatic heterocycles. The van der Waals surface area contributed by atoms with Gasteiger partial charge < -0.3 is 24.4 Å². The SMILES string of the molecule is Cc1ccc(C2CCC3(COc4nc(N5CC6CCC(C5)N6C(=O)CC(C)OC(=O)C(C)C)c5cnc(-c6cc(O)cc7ccc(F)c(F)c67)c(F)c5n4)CCCN23)cc1. The number of ether oxygens (including phenoxy) is 2. The summed E-state index contributed by atoms with van der Waals surface area (Å²) in [4.78, 5) is 46.4. The van der Waals surface area contributed by atoms with E-state index in [9.17, 15) is 19.1 Å². The van der Waals surface area contributed by atoms with Crippen molar-refractivity contribution >= 4 is 39.4 Å². The normalized spacial score (nSPS) is 23.2. The molecule has 4 fully saturated rings. The van der Waals surface area contributed by atoms with Gasteiger partial charge in [0.1, 0.15) is 35.5 Å². The topological polar surface area (TPSA) is 121 Å². The summed E-state index contributed by atoms with van der Waals surface area (Å²) in [5.41, 5.74) is 1.65. The van der Waals surface area contributed by atoms with Crippen molar-refractivity contribution < 1.29 is 37.3 Å². The smallest absolute Gasteiger partial charge is 0.319 e. The summed E-state index contributed by atoms with van der Waals surface area (Å²) in [5.74, 6) is -3.84. The van der Waals surface area contributed by atoms with Crippen LogP contribution in [0, 0.1) is 30.3 Å². The number of fused-ring (bicyclic) bond motifs is 5. The first-order valence-electron chi connectivity index (χ1n) is 21.0. The quantitative estimate of drug-likeness (QED) is 0.138. The number of anilines is 1. The standard InChI is InChI=1S/C46H49F3N6O5/c1-25(2)44(58)60-27(4)18-37(57)55-30-11-12-31(55)23-53(22-30)43-34-21-50-41(33-20-32(56)19-29-10-13-35(47)39(48)38(29)33)40(49)42(34)51-45(52-43)59-24-46-15-5-17-54(46)36(14-16-46)28-8-6-26(3)7-9-28/h6-10,13,19-21,25,27,30-31,36,56H,5,11-12,14-18,22-24H2,1-4H3. The van der Waals surface area contributed by atoms with Crippen LogP contribution in [0.15, 0.2) is 54.7 Å². The number of carbonyl (C=O) groups is 2. The van der Waals surface area contributed by atoms with Crippen molar-refractivity contribution in [2.45, 2.75) is 102 Å². The minimum absolute atomic E-state index is 0.0294. The fraction of sp³-hybridized carbons (Fsp3) is 0.457. The molecule has 60 heavy (non-hydrogen) atoms. The van der Waals surface area contributed by atoms with E-state index < -0.39 is 23.6 Å². The van der Waals surface area contributed by atoms with Crippen LogP contribution in [0.2, 0.25) is 0 Å². The number of rotatable bonds is 10. The van der Waals surface area contributed by atoms with Crippen molar-refractivity contribution in [3.8, 4) is 23.0 Å². The molecule has 0 saturated carbocycles. The van der Waals surface area contributed by atoms with E-state index in [1.165, 1.54) is 35.5 Å². The number of piperazine rings is 1. The van der Waals surface area contributed by atoms with Gasteiger partial charge in [-0.3, -0.25) is 19.5 Å². The van der Waals surface area contributed by atoms with E-state index in [2.05, 4.69) is 46.1 Å². The second kappa shape index (κ2) is 15.5. The molecule has 5 aromatic rings. The van der Waals surface area contributed by atoms with Crippen LogP contribution in [0.3, 0.4) is 0 Å². The lowest BCUT2D eigenvalue weighted by molar-refractivity contribution is -0.154. The zero-order chi connectivity index (χ0) is 42.0. The number of hydrogen-bond acceptors (Lipinski definition) is 10. The van der Waals surface area contributed by atoms with Gasteiger partial charge in [0, 0.05) is 48.4 Å². The average molecular weight is 823 g/mol. The zero-order valence-electron chi connectivity index (χ0n) is 34.3. The van der Waals surface area contributed by atoms with Crippen LogP contribution in [-0.2, 0) is 14.3 Å². The number of carbonyl (C=O) groups excluding carboxylic acids is 2. The molecule has 314 valence electrons. The Morgan fingerprint density at radius 3 is 2.43 bits per heavy atom. The lowest BCUT2D eigenvalue weighted by Gasteiger charge is -2.42. The second-order valence-electron chi connectivity index (χ2n) is 17.4. The largest absolute Gasteiger partial charge is 0.508 e. The fourth-order valence-electron chi connectivity index (χ4n) is 10.1. The third kappa shape index (κ3) is 7.05. The summed E-state index contributed by atoms with van der Waals surface area (Å²) in [7, 11) is 0. The van der Waals surface area contributed by atoms with Crippen LogP contribution in [0.1, 0.15) is 82.9 Å². The molecule has 2 bridgehead atoms. The van der Waals surface area contributed by atoms with Gasteiger partial charge in [-0.1, -0.05) is 49.7 Å². The number of hydrogen-bond donors (Lipinski definition) is 1. The van der Waals surface area contributed by atoms with Crippen molar-refractivity contribution in [2.24, 2.45) is 5.92 Å². The molecule has 6 heterocycles. The molecule has 11 nitrogen and oxygen atoms in total. The molecule has 0 aliphatic carbocycles. The molecule has 0 spiro atoms. The number of phenols is 1. The number of aromatic nitrogens is 3. The van der Waals surface area contributed by atoms with E-state index in [1.807, 2.05) is 9.80 Å². The number of phenolic OH excluding ortho intramolecular Hbond substituents is 1. The van der Waals surface area contributed by atoms with Gasteiger partial charge in [0.15, 0.2) is 17.5 Å². The number of esters is 1. The maximum atomic E-state index is 17.2. The molecule has 1 N–H and O–H groups in total. The molecule has 4 saturated heterocycles. The molecule has 1 amide bonds. The third-order valence-electron chi connectivity index (χ3n) is 13.1. The van der Waals surface area contributed by atoms with Crippen LogP contribution in [-0.4, -0.2) is 91.7 Å². The van der Waals surface area contributed by atoms with Crippen molar-refractivity contribution in [1.82, 2.24) is 24.8 Å². The first kappa shape index (κ1) is 39.9. The summed E-state index contributed by atoms with van der Waals surface area (Å²) in [5, 5.41) is 10.8. The van der Waals surface area contributed by atoms with Gasteiger partial charge in [0.05, 0.1) is 23.3 Å². The number of halogens is 3. The summed E-state index contributed by atoms with van der Waals surface area (Å²) < 4.78 is 59.2. The fourth-order valence-corrected chi connectivity index (χ4v) is 10.1. The lowest BCUT2D eigenvalue weighted by Crippen LogP contribution is -2.56. The molecule has 3 aromatic carbocycles. The maximum absolute atomic E-state index is 17.2. The number of aromatic hydroxyl groups is 1. The molecule has 14 heteroatoms. The molecule has 9 rings (SSSR count). The van der Waals surface area contributed by atoms with Crippen LogP contribution in [0.5, 0.6) is 11.8 Å². The summed E-state index contributed by atoms with van der Waals surface area (Å²) in [6.07, 6.45) is 6.25. The van der Waals surface area contributed by atoms with E-state index in [4.69, 9.17) is 14.5 Å². The maximum Gasteiger partial charge on any atom is 0.319 e. The highest BCUT2D eigenvalue weighted by atomic mass is 19.2. The van der Waals surface area contributed by atoms with Crippen molar-refractivity contribution in [2.75, 3.05) is 31.1 Å². The monoisotopic (exact) mass is 822 g/mol. The van der Waals surface area contributed by atoms with Crippen LogP contribution in [0.4, 0.5) is 19.0 Å². The minimum atomic E-state index is -1.19. The Labute approximate surface area is 346 Å². The molecule has 5 atom stereocenters. The van der Waals surface area contributed by atoms with Crippen LogP contribution < -0.4 is 9.64 Å². The predicted molar refractivity (Wildman–Crippen MR) is 220 cm³/mol. The Kier molecular flexibility index (Phi) is 10.3. The van der Waals surface area contributed by atoms with Gasteiger partial charge in [0.2, 0.25) is 5.91 Å². The van der Waals surface area contributed by atoms with Gasteiger partial charge >= 0.3 is 12.0 Å². The Hall–Kier alpha value is -5.50. The van der Waals surface area contributed by atoms with Gasteiger partial charge in [0.25, 0.3) is 0 Å². The highest BCUT2D eigenvalue weighted by Gasteiger charge is 2.50. The van der Waals surface area contributed by atoms with Gasteiger partial charge in [-0.15, -0.1) is 0 Å². The van der Waals surface area contributed by atoms with Crippen molar-refractivity contribution in [3.63, 3.8) is 0 Å². The van der Waals surface area contributed by atoms with E-state index in [0.717, 1.165) is 51.1 Å². The second-order valence-corrected chi connectivity index (χ2v) is 17.4. The molecular formula is C46H49F3N6O5. The number of pyridine rings is 1. The Balaban J connectivity index is 1.07. The number of amides is 1. The van der Waals surface area contributed by atoms with E-state index in [0.29, 0.717) is 18.9 Å². The van der Waals surface area contributed by atoms with Gasteiger partial charge in [-0.2, -0.15) is 9.97 Å². The van der Waals surface area contributed by atoms with E-state index >= 15 is 8.78 Å². The summed E-state index contributed by atoms with van der Waals surface area (Å²) in [6, 6.07) is 13.3. The zero-order valence-corrected chi connectivity index (χ0v) is 34.3. The number of aryl methyl sites for hydroxylation is 1. The Morgan fingerprint density at radius 1 is 0.950 bits per heavy atom. The Morgan fingerprint density at radius 2 is 1.70 bits per heavy atom.